The number of nitrogens with zero attached hydrogens (tertiary/aromatic N) is 1. The molecule has 14 heavy (non-hydrogen) atoms. The summed E-state index contributed by atoms with van der Waals surface area (Å²) >= 11 is 0. The van der Waals surface area contributed by atoms with Gasteiger partial charge in [-0.25, -0.2) is 0 Å². The third-order valence-corrected chi connectivity index (χ3v) is 3.02. The van der Waals surface area contributed by atoms with Crippen LogP contribution in [0.2, 0.25) is 0 Å². The Bertz CT molecular complexity index is 265. The van der Waals surface area contributed by atoms with Crippen LogP contribution in [0.3, 0.4) is 0 Å². The number of rotatable bonds is 1. The number of carbonyl (C=O) groups excluding carboxylic acids is 2. The number of likely N-dealkylation sites (tertiary alicyclic amines) is 1. The van der Waals surface area contributed by atoms with Gasteiger partial charge in [-0.1, -0.05) is 27.7 Å². The van der Waals surface area contributed by atoms with Gasteiger partial charge in [0.15, 0.2) is 0 Å². The maximum absolute atomic E-state index is 11.8. The number of imide groups is 1. The average Bonchev–Trinajstić information content (AvgIpc) is 2.28. The highest BCUT2D eigenvalue weighted by Gasteiger charge is 2.49. The molecule has 0 saturated carbocycles. The highest BCUT2D eigenvalue weighted by atomic mass is 16.2. The molecule has 1 rings (SSSR count). The Morgan fingerprint density at radius 2 is 1.71 bits per heavy atom. The second-order valence-electron chi connectivity index (χ2n) is 5.09. The summed E-state index contributed by atoms with van der Waals surface area (Å²) < 4.78 is 0. The highest BCUT2D eigenvalue weighted by Crippen LogP contribution is 2.40. The second kappa shape index (κ2) is 3.37. The van der Waals surface area contributed by atoms with E-state index in [9.17, 15) is 9.59 Å². The summed E-state index contributed by atoms with van der Waals surface area (Å²) in [6.45, 7) is 8.02. The van der Waals surface area contributed by atoms with E-state index < -0.39 is 0 Å². The molecular weight excluding hydrogens is 178 g/mol. The van der Waals surface area contributed by atoms with Gasteiger partial charge in [-0.3, -0.25) is 14.5 Å². The molecule has 1 fully saturated rings. The average molecular weight is 197 g/mol. The molecule has 0 aliphatic carbocycles. The molecule has 0 radical (unpaired) electrons. The van der Waals surface area contributed by atoms with E-state index in [1.165, 1.54) is 4.90 Å². The van der Waals surface area contributed by atoms with Crippen LogP contribution in [0.25, 0.3) is 0 Å². The molecule has 2 amide bonds. The lowest BCUT2D eigenvalue weighted by molar-refractivity contribution is -0.138. The van der Waals surface area contributed by atoms with Gasteiger partial charge in [0.1, 0.15) is 0 Å². The third kappa shape index (κ3) is 1.56. The number of hydrogen-bond donors (Lipinski definition) is 0. The van der Waals surface area contributed by atoms with Crippen LogP contribution in [0.15, 0.2) is 0 Å². The van der Waals surface area contributed by atoms with Crippen molar-refractivity contribution in [3.63, 3.8) is 0 Å². The Morgan fingerprint density at radius 3 is 2.00 bits per heavy atom. The van der Waals surface area contributed by atoms with E-state index >= 15 is 0 Å². The lowest BCUT2D eigenvalue weighted by Gasteiger charge is -2.28. The van der Waals surface area contributed by atoms with E-state index in [0.29, 0.717) is 0 Å². The van der Waals surface area contributed by atoms with Crippen LogP contribution in [0.1, 0.15) is 34.1 Å². The largest absolute Gasteiger partial charge is 0.285 e. The van der Waals surface area contributed by atoms with Crippen LogP contribution in [-0.4, -0.2) is 23.8 Å². The first-order valence-electron chi connectivity index (χ1n) is 5.12. The lowest BCUT2D eigenvalue weighted by atomic mass is 9.73. The van der Waals surface area contributed by atoms with Crippen LogP contribution in [-0.2, 0) is 9.59 Å². The molecule has 0 aromatic carbocycles. The summed E-state index contributed by atoms with van der Waals surface area (Å²) in [5.74, 6) is -0.302. The van der Waals surface area contributed by atoms with Crippen LogP contribution < -0.4 is 0 Å². The van der Waals surface area contributed by atoms with Gasteiger partial charge in [-0.2, -0.15) is 0 Å². The number of amides is 2. The molecule has 1 saturated heterocycles. The molecule has 1 aliphatic rings. The zero-order chi connectivity index (χ0) is 11.1. The summed E-state index contributed by atoms with van der Waals surface area (Å²) in [6, 6.07) is 0. The summed E-state index contributed by atoms with van der Waals surface area (Å²) in [6.07, 6.45) is 0.747. The molecule has 80 valence electrons. The molecule has 2 atom stereocenters. The molecule has 0 bridgehead atoms. The van der Waals surface area contributed by atoms with E-state index in [0.717, 1.165) is 6.42 Å². The molecule has 0 N–H and O–H groups in total. The Labute approximate surface area is 85.5 Å². The maximum Gasteiger partial charge on any atom is 0.233 e. The van der Waals surface area contributed by atoms with Crippen LogP contribution >= 0.6 is 0 Å². The minimum Gasteiger partial charge on any atom is -0.285 e. The summed E-state index contributed by atoms with van der Waals surface area (Å²) in [5, 5.41) is 0. The van der Waals surface area contributed by atoms with E-state index in [-0.39, 0.29) is 29.1 Å². The minimum atomic E-state index is -0.148. The summed E-state index contributed by atoms with van der Waals surface area (Å²) in [5.41, 5.74) is -0.127. The van der Waals surface area contributed by atoms with E-state index in [1.807, 2.05) is 27.7 Å². The van der Waals surface area contributed by atoms with E-state index in [4.69, 9.17) is 0 Å². The summed E-state index contributed by atoms with van der Waals surface area (Å²) in [4.78, 5) is 24.8. The minimum absolute atomic E-state index is 0.0163. The summed E-state index contributed by atoms with van der Waals surface area (Å²) in [7, 11) is 1.58. The van der Waals surface area contributed by atoms with Gasteiger partial charge in [0, 0.05) is 7.05 Å². The fraction of sp³-hybridized carbons (Fsp3) is 0.818. The quantitative estimate of drug-likeness (QED) is 0.600. The Hall–Kier alpha value is -0.860. The van der Waals surface area contributed by atoms with E-state index in [2.05, 4.69) is 0 Å². The first kappa shape index (κ1) is 11.2. The van der Waals surface area contributed by atoms with Crippen molar-refractivity contribution in [3.05, 3.63) is 0 Å². The molecule has 3 nitrogen and oxygen atoms in total. The second-order valence-corrected chi connectivity index (χ2v) is 5.09. The van der Waals surface area contributed by atoms with Crippen molar-refractivity contribution >= 4 is 11.8 Å². The van der Waals surface area contributed by atoms with Crippen molar-refractivity contribution in [2.24, 2.45) is 17.3 Å². The molecular formula is C11H19NO2. The van der Waals surface area contributed by atoms with Crippen molar-refractivity contribution in [2.75, 3.05) is 7.05 Å². The third-order valence-electron chi connectivity index (χ3n) is 3.02. The van der Waals surface area contributed by atoms with Crippen molar-refractivity contribution in [3.8, 4) is 0 Å². The monoisotopic (exact) mass is 197 g/mol. The van der Waals surface area contributed by atoms with Crippen LogP contribution in [0.4, 0.5) is 0 Å². The first-order valence-corrected chi connectivity index (χ1v) is 5.12. The Kier molecular flexibility index (Phi) is 2.70. The predicted octanol–water partition coefficient (Wildman–Crippen LogP) is 1.67. The van der Waals surface area contributed by atoms with Gasteiger partial charge in [0.2, 0.25) is 11.8 Å². The topological polar surface area (TPSA) is 37.4 Å². The number of hydrogen-bond acceptors (Lipinski definition) is 2. The lowest BCUT2D eigenvalue weighted by Crippen LogP contribution is -2.32. The normalized spacial score (nSPS) is 28.8. The zero-order valence-electron chi connectivity index (χ0n) is 9.63. The molecule has 1 aliphatic heterocycles. The van der Waals surface area contributed by atoms with Gasteiger partial charge < -0.3 is 0 Å². The van der Waals surface area contributed by atoms with Gasteiger partial charge in [0.25, 0.3) is 0 Å². The molecule has 2 unspecified atom stereocenters. The van der Waals surface area contributed by atoms with Gasteiger partial charge in [-0.05, 0) is 11.8 Å². The first-order chi connectivity index (χ1) is 6.30. The fourth-order valence-electron chi connectivity index (χ4n) is 2.26. The van der Waals surface area contributed by atoms with Gasteiger partial charge in [0.05, 0.1) is 11.8 Å². The van der Waals surface area contributed by atoms with Crippen LogP contribution in [0, 0.1) is 17.3 Å². The molecule has 0 aromatic rings. The zero-order valence-corrected chi connectivity index (χ0v) is 9.63. The van der Waals surface area contributed by atoms with Crippen molar-refractivity contribution in [1.82, 2.24) is 4.90 Å². The van der Waals surface area contributed by atoms with Crippen LogP contribution in [0.5, 0.6) is 0 Å². The Balaban J connectivity index is 3.05. The maximum atomic E-state index is 11.8. The smallest absolute Gasteiger partial charge is 0.233 e. The molecule has 1 heterocycles. The molecule has 0 spiro atoms. The Morgan fingerprint density at radius 1 is 1.21 bits per heavy atom. The predicted molar refractivity (Wildman–Crippen MR) is 54.5 cm³/mol. The van der Waals surface area contributed by atoms with Crippen molar-refractivity contribution in [2.45, 2.75) is 34.1 Å². The standard InChI is InChI=1S/C11H19NO2/c1-6-7-8(11(2,3)4)10(14)12(5)9(7)13/h7-8H,6H2,1-5H3. The SMILES string of the molecule is CCC1C(=O)N(C)C(=O)C1C(C)(C)C. The van der Waals surface area contributed by atoms with Gasteiger partial charge in [-0.15, -0.1) is 0 Å². The van der Waals surface area contributed by atoms with E-state index in [1.54, 1.807) is 7.05 Å². The van der Waals surface area contributed by atoms with Crippen molar-refractivity contribution in [1.29, 1.82) is 0 Å². The molecule has 3 heteroatoms. The van der Waals surface area contributed by atoms with Gasteiger partial charge >= 0.3 is 0 Å². The highest BCUT2D eigenvalue weighted by molar-refractivity contribution is 6.05. The van der Waals surface area contributed by atoms with Crippen molar-refractivity contribution < 1.29 is 9.59 Å². The number of carbonyl (C=O) groups is 2. The molecule has 0 aromatic heterocycles. The fourth-order valence-corrected chi connectivity index (χ4v) is 2.26.